The summed E-state index contributed by atoms with van der Waals surface area (Å²) in [7, 11) is 0. The van der Waals surface area contributed by atoms with E-state index in [0.717, 1.165) is 19.7 Å². The minimum Gasteiger partial charge on any atom is -0.381 e. The molecule has 2 rings (SSSR count). The first-order valence-corrected chi connectivity index (χ1v) is 6.28. The number of rotatable bonds is 3. The Hall–Kier alpha value is -0.780. The minimum atomic E-state index is 0.154. The summed E-state index contributed by atoms with van der Waals surface area (Å²) in [6.45, 7) is 7.79. The van der Waals surface area contributed by atoms with Gasteiger partial charge in [-0.3, -0.25) is 9.58 Å². The second-order valence-electron chi connectivity index (χ2n) is 4.67. The Labute approximate surface area is 106 Å². The molecule has 96 valence electrons. The van der Waals surface area contributed by atoms with Crippen molar-refractivity contribution >= 4 is 17.4 Å². The van der Waals surface area contributed by atoms with Crippen molar-refractivity contribution in [3.05, 3.63) is 11.2 Å². The van der Waals surface area contributed by atoms with Crippen LogP contribution in [0.25, 0.3) is 0 Å². The van der Waals surface area contributed by atoms with E-state index in [9.17, 15) is 0 Å². The molecule has 1 saturated heterocycles. The zero-order valence-electron chi connectivity index (χ0n) is 10.3. The molecule has 2 heterocycles. The van der Waals surface area contributed by atoms with Gasteiger partial charge in [-0.2, -0.15) is 5.10 Å². The molecule has 6 heteroatoms. The van der Waals surface area contributed by atoms with E-state index in [2.05, 4.69) is 23.8 Å². The molecular weight excluding hydrogens is 240 g/mol. The summed E-state index contributed by atoms with van der Waals surface area (Å²) in [6, 6.07) is 0.549. The second-order valence-corrected chi connectivity index (χ2v) is 5.07. The summed E-state index contributed by atoms with van der Waals surface area (Å²) in [4.78, 5) is 2.41. The first-order chi connectivity index (χ1) is 8.06. The Kier molecular flexibility index (Phi) is 3.91. The monoisotopic (exact) mass is 258 g/mol. The van der Waals surface area contributed by atoms with Gasteiger partial charge in [0.1, 0.15) is 5.02 Å². The van der Waals surface area contributed by atoms with Crippen LogP contribution in [0.1, 0.15) is 13.8 Å². The van der Waals surface area contributed by atoms with E-state index >= 15 is 0 Å². The van der Waals surface area contributed by atoms with Crippen LogP contribution in [0, 0.1) is 0 Å². The molecule has 0 spiro atoms. The van der Waals surface area contributed by atoms with Crippen LogP contribution in [0.15, 0.2) is 6.20 Å². The van der Waals surface area contributed by atoms with Gasteiger partial charge in [0, 0.05) is 25.3 Å². The molecule has 2 N–H and O–H groups in total. The normalized spacial score (nSPS) is 22.2. The van der Waals surface area contributed by atoms with E-state index in [1.807, 2.05) is 0 Å². The predicted molar refractivity (Wildman–Crippen MR) is 68.1 cm³/mol. The number of morpholine rings is 1. The molecule has 1 aromatic heterocycles. The van der Waals surface area contributed by atoms with Crippen LogP contribution >= 0.6 is 11.6 Å². The SMILES string of the molecule is CC(C)N1CCOC(Cn2cc(Cl)c(N)n2)C1. The van der Waals surface area contributed by atoms with Gasteiger partial charge < -0.3 is 10.5 Å². The Bertz CT molecular complexity index is 360. The number of halogens is 1. The van der Waals surface area contributed by atoms with Gasteiger partial charge in [0.2, 0.25) is 0 Å². The van der Waals surface area contributed by atoms with Crippen LogP contribution in [0.4, 0.5) is 5.82 Å². The quantitative estimate of drug-likeness (QED) is 0.886. The molecule has 0 saturated carbocycles. The molecule has 1 fully saturated rings. The molecule has 17 heavy (non-hydrogen) atoms. The van der Waals surface area contributed by atoms with Crippen molar-refractivity contribution in [2.75, 3.05) is 25.4 Å². The van der Waals surface area contributed by atoms with Gasteiger partial charge in [-0.15, -0.1) is 0 Å². The lowest BCUT2D eigenvalue weighted by Gasteiger charge is -2.35. The third-order valence-electron chi connectivity index (χ3n) is 3.03. The van der Waals surface area contributed by atoms with Crippen molar-refractivity contribution in [1.82, 2.24) is 14.7 Å². The first kappa shape index (κ1) is 12.7. The number of hydrogen-bond donors (Lipinski definition) is 1. The van der Waals surface area contributed by atoms with Gasteiger partial charge in [-0.05, 0) is 13.8 Å². The van der Waals surface area contributed by atoms with Crippen molar-refractivity contribution in [3.8, 4) is 0 Å². The molecule has 1 aliphatic heterocycles. The molecule has 1 aliphatic rings. The standard InChI is InChI=1S/C11H19ClN4O/c1-8(2)15-3-4-17-9(5-15)6-16-7-10(12)11(13)14-16/h7-9H,3-6H2,1-2H3,(H2,13,14). The van der Waals surface area contributed by atoms with E-state index in [-0.39, 0.29) is 6.10 Å². The maximum Gasteiger partial charge on any atom is 0.164 e. The van der Waals surface area contributed by atoms with Gasteiger partial charge in [0.05, 0.1) is 19.3 Å². The van der Waals surface area contributed by atoms with Crippen molar-refractivity contribution in [3.63, 3.8) is 0 Å². The fourth-order valence-electron chi connectivity index (χ4n) is 2.04. The van der Waals surface area contributed by atoms with Gasteiger partial charge in [-0.1, -0.05) is 11.6 Å². The van der Waals surface area contributed by atoms with Gasteiger partial charge in [0.15, 0.2) is 5.82 Å². The number of nitrogen functional groups attached to an aromatic ring is 1. The van der Waals surface area contributed by atoms with Gasteiger partial charge in [-0.25, -0.2) is 0 Å². The topological polar surface area (TPSA) is 56.3 Å². The Morgan fingerprint density at radius 2 is 2.41 bits per heavy atom. The molecule has 5 nitrogen and oxygen atoms in total. The number of aromatic nitrogens is 2. The molecule has 1 aromatic rings. The summed E-state index contributed by atoms with van der Waals surface area (Å²) >= 11 is 5.87. The lowest BCUT2D eigenvalue weighted by atomic mass is 10.2. The number of anilines is 1. The molecule has 1 unspecified atom stereocenters. The number of nitrogens with zero attached hydrogens (tertiary/aromatic N) is 3. The third kappa shape index (κ3) is 3.12. The summed E-state index contributed by atoms with van der Waals surface area (Å²) in [6.07, 6.45) is 1.90. The molecule has 1 atom stereocenters. The van der Waals surface area contributed by atoms with Crippen LogP contribution in [0.5, 0.6) is 0 Å². The highest BCUT2D eigenvalue weighted by Crippen LogP contribution is 2.17. The van der Waals surface area contributed by atoms with E-state index in [1.54, 1.807) is 10.9 Å². The average molecular weight is 259 g/mol. The lowest BCUT2D eigenvalue weighted by molar-refractivity contribution is -0.0469. The summed E-state index contributed by atoms with van der Waals surface area (Å²) in [5, 5.41) is 4.64. The maximum absolute atomic E-state index is 5.87. The highest BCUT2D eigenvalue weighted by molar-refractivity contribution is 6.32. The van der Waals surface area contributed by atoms with Crippen LogP contribution in [-0.2, 0) is 11.3 Å². The van der Waals surface area contributed by atoms with Crippen molar-refractivity contribution in [2.45, 2.75) is 32.5 Å². The number of hydrogen-bond acceptors (Lipinski definition) is 4. The maximum atomic E-state index is 5.87. The lowest BCUT2D eigenvalue weighted by Crippen LogP contribution is -2.47. The van der Waals surface area contributed by atoms with Crippen LogP contribution in [0.3, 0.4) is 0 Å². The highest BCUT2D eigenvalue weighted by Gasteiger charge is 2.22. The number of nitrogens with two attached hydrogens (primary N) is 1. The Balaban J connectivity index is 1.94. The van der Waals surface area contributed by atoms with Crippen molar-refractivity contribution in [1.29, 1.82) is 0 Å². The van der Waals surface area contributed by atoms with Gasteiger partial charge in [0.25, 0.3) is 0 Å². The molecule has 0 bridgehead atoms. The summed E-state index contributed by atoms with van der Waals surface area (Å²) in [5.74, 6) is 0.378. The smallest absolute Gasteiger partial charge is 0.164 e. The molecule has 0 radical (unpaired) electrons. The van der Waals surface area contributed by atoms with Crippen LogP contribution in [-0.4, -0.2) is 46.5 Å². The second kappa shape index (κ2) is 5.25. The van der Waals surface area contributed by atoms with E-state index in [0.29, 0.717) is 23.4 Å². The summed E-state index contributed by atoms with van der Waals surface area (Å²) < 4.78 is 7.48. The average Bonchev–Trinajstić information content (AvgIpc) is 2.58. The Morgan fingerprint density at radius 1 is 1.65 bits per heavy atom. The zero-order valence-corrected chi connectivity index (χ0v) is 11.0. The predicted octanol–water partition coefficient (Wildman–Crippen LogP) is 1.23. The summed E-state index contributed by atoms with van der Waals surface area (Å²) in [5.41, 5.74) is 5.61. The largest absolute Gasteiger partial charge is 0.381 e. The minimum absolute atomic E-state index is 0.154. The van der Waals surface area contributed by atoms with E-state index in [1.165, 1.54) is 0 Å². The van der Waals surface area contributed by atoms with Crippen LogP contribution < -0.4 is 5.73 Å². The van der Waals surface area contributed by atoms with Crippen molar-refractivity contribution in [2.24, 2.45) is 0 Å². The third-order valence-corrected chi connectivity index (χ3v) is 3.33. The number of ether oxygens (including phenoxy) is 1. The fourth-order valence-corrected chi connectivity index (χ4v) is 2.19. The highest BCUT2D eigenvalue weighted by atomic mass is 35.5. The molecule has 0 aliphatic carbocycles. The van der Waals surface area contributed by atoms with E-state index < -0.39 is 0 Å². The Morgan fingerprint density at radius 3 is 3.00 bits per heavy atom. The first-order valence-electron chi connectivity index (χ1n) is 5.90. The van der Waals surface area contributed by atoms with Crippen LogP contribution in [0.2, 0.25) is 5.02 Å². The van der Waals surface area contributed by atoms with Gasteiger partial charge >= 0.3 is 0 Å². The molecule has 0 aromatic carbocycles. The fraction of sp³-hybridized carbons (Fsp3) is 0.727. The zero-order chi connectivity index (χ0) is 12.4. The van der Waals surface area contributed by atoms with Crippen molar-refractivity contribution < 1.29 is 4.74 Å². The molecular formula is C11H19ClN4O. The van der Waals surface area contributed by atoms with E-state index in [4.69, 9.17) is 22.1 Å². The molecule has 0 amide bonds.